The molecule has 4 fully saturated rings. The number of amides is 1. The summed E-state index contributed by atoms with van der Waals surface area (Å²) in [6.45, 7) is 2.09. The van der Waals surface area contributed by atoms with E-state index < -0.39 is 36.7 Å². The Morgan fingerprint density at radius 3 is 2.02 bits per heavy atom. The number of ether oxygens (including phenoxy) is 3. The number of esters is 1. The fourth-order valence-corrected chi connectivity index (χ4v) is 12.8. The Balaban J connectivity index is 1.29. The first-order valence-electron chi connectivity index (χ1n) is 17.9. The third-order valence-corrected chi connectivity index (χ3v) is 14.5. The summed E-state index contributed by atoms with van der Waals surface area (Å²) in [5, 5.41) is 3.01. The predicted molar refractivity (Wildman–Crippen MR) is 197 cm³/mol. The summed E-state index contributed by atoms with van der Waals surface area (Å²) < 4.78 is 39.6. The lowest BCUT2D eigenvalue weighted by molar-refractivity contribution is -0.146. The predicted octanol–water partition coefficient (Wildman–Crippen LogP) is 8.87. The molecule has 0 spiro atoms. The number of hydrogen-bond donors (Lipinski definition) is 1. The van der Waals surface area contributed by atoms with Gasteiger partial charge in [0.2, 0.25) is 7.37 Å². The molecule has 4 aliphatic carbocycles. The first-order valence-corrected chi connectivity index (χ1v) is 21.0. The molecule has 3 atom stereocenters. The van der Waals surface area contributed by atoms with Crippen LogP contribution in [0.3, 0.4) is 0 Å². The lowest BCUT2D eigenvalue weighted by Gasteiger charge is -2.57. The molecule has 1 N–H and O–H groups in total. The van der Waals surface area contributed by atoms with E-state index in [9.17, 15) is 9.59 Å². The van der Waals surface area contributed by atoms with Gasteiger partial charge in [0, 0.05) is 24.1 Å². The van der Waals surface area contributed by atoms with Gasteiger partial charge in [-0.15, -0.1) is 0 Å². The van der Waals surface area contributed by atoms with Crippen LogP contribution in [0.2, 0.25) is 0 Å². The van der Waals surface area contributed by atoms with E-state index in [2.05, 4.69) is 5.32 Å². The van der Waals surface area contributed by atoms with Crippen molar-refractivity contribution in [3.05, 3.63) is 102 Å². The van der Waals surface area contributed by atoms with Gasteiger partial charge in [0.25, 0.3) is 0 Å². The summed E-state index contributed by atoms with van der Waals surface area (Å²) in [5.41, 5.74) is 2.34. The van der Waals surface area contributed by atoms with Gasteiger partial charge >= 0.3 is 12.1 Å². The summed E-state index contributed by atoms with van der Waals surface area (Å²) in [7, 11) is -2.15. The van der Waals surface area contributed by atoms with Crippen molar-refractivity contribution in [3.8, 4) is 5.75 Å². The average molecular weight is 720 g/mol. The number of carbonyl (C=O) groups is 2. The number of rotatable bonds is 17. The van der Waals surface area contributed by atoms with E-state index in [1.54, 1.807) is 25.8 Å². The molecule has 0 aromatic heterocycles. The van der Waals surface area contributed by atoms with Crippen LogP contribution in [0, 0.1) is 23.7 Å². The average Bonchev–Trinajstić information content (AvgIpc) is 3.10. The van der Waals surface area contributed by atoms with Gasteiger partial charge in [0.15, 0.2) is 0 Å². The fourth-order valence-electron chi connectivity index (χ4n) is 8.53. The minimum atomic E-state index is -3.79. The Morgan fingerprint density at radius 2 is 1.44 bits per heavy atom. The summed E-state index contributed by atoms with van der Waals surface area (Å²) in [5.74, 6) is 1.54. The van der Waals surface area contributed by atoms with Crippen LogP contribution in [0.25, 0.3) is 0 Å². The van der Waals surface area contributed by atoms with E-state index in [4.69, 9.17) is 18.7 Å². The maximum Gasteiger partial charge on any atom is 0.408 e. The number of carbonyl (C=O) groups excluding carboxylic acids is 2. The molecule has 10 heteroatoms. The summed E-state index contributed by atoms with van der Waals surface area (Å²) in [4.78, 5) is 27.1. The number of methoxy groups -OCH3 is 1. The molecule has 4 saturated carbocycles. The van der Waals surface area contributed by atoms with Crippen molar-refractivity contribution in [1.82, 2.24) is 5.32 Å². The molecule has 4 aliphatic rings. The zero-order valence-corrected chi connectivity index (χ0v) is 30.9. The number of hydrogen-bond acceptors (Lipinski definition) is 8. The van der Waals surface area contributed by atoms with Crippen LogP contribution < -0.4 is 10.1 Å². The first-order chi connectivity index (χ1) is 24.2. The molecule has 1 amide bonds. The van der Waals surface area contributed by atoms with Gasteiger partial charge in [-0.3, -0.25) is 9.36 Å². The Hall–Kier alpha value is -3.26. The highest BCUT2D eigenvalue weighted by molar-refractivity contribution is 7.98. The van der Waals surface area contributed by atoms with Crippen LogP contribution in [0.4, 0.5) is 4.79 Å². The molecule has 50 heavy (non-hydrogen) atoms. The number of alkyl carbamates (subject to hydrolysis) is 1. The van der Waals surface area contributed by atoms with Crippen molar-refractivity contribution >= 4 is 31.2 Å². The third kappa shape index (κ3) is 9.54. The van der Waals surface area contributed by atoms with Gasteiger partial charge in [-0.1, -0.05) is 72.8 Å². The quantitative estimate of drug-likeness (QED) is 0.109. The monoisotopic (exact) mass is 719 g/mol. The largest absolute Gasteiger partial charge is 0.497 e. The molecular formula is C40H50NO7PS. The number of thioether (sulfide) groups is 1. The van der Waals surface area contributed by atoms with Gasteiger partial charge in [-0.25, -0.2) is 4.79 Å². The Labute approximate surface area is 300 Å². The van der Waals surface area contributed by atoms with Crippen molar-refractivity contribution in [2.75, 3.05) is 25.6 Å². The summed E-state index contributed by atoms with van der Waals surface area (Å²) >= 11 is 1.60. The molecular weight excluding hydrogens is 669 g/mol. The van der Waals surface area contributed by atoms with Gasteiger partial charge in [-0.05, 0) is 92.0 Å². The fraction of sp³-hybridized carbons (Fsp3) is 0.500. The van der Waals surface area contributed by atoms with Crippen LogP contribution in [0.5, 0.6) is 5.75 Å². The molecule has 7 rings (SSSR count). The Bertz CT molecular complexity index is 1570. The van der Waals surface area contributed by atoms with E-state index in [0.717, 1.165) is 41.7 Å². The normalized spacial score (nSPS) is 24.5. The van der Waals surface area contributed by atoms with Crippen molar-refractivity contribution in [2.45, 2.75) is 75.6 Å². The molecule has 3 aromatic carbocycles. The highest BCUT2D eigenvalue weighted by atomic mass is 32.2. The molecule has 0 heterocycles. The van der Waals surface area contributed by atoms with Crippen LogP contribution in [0.15, 0.2) is 84.9 Å². The second kappa shape index (κ2) is 16.8. The molecule has 3 unspecified atom stereocenters. The molecule has 0 radical (unpaired) electrons. The van der Waals surface area contributed by atoms with Crippen molar-refractivity contribution in [1.29, 1.82) is 0 Å². The third-order valence-electron chi connectivity index (χ3n) is 10.4. The molecule has 0 saturated heterocycles. The molecule has 4 bridgehead atoms. The van der Waals surface area contributed by atoms with Gasteiger partial charge < -0.3 is 24.1 Å². The van der Waals surface area contributed by atoms with E-state index in [0.29, 0.717) is 29.3 Å². The van der Waals surface area contributed by atoms with Crippen molar-refractivity contribution in [2.24, 2.45) is 23.7 Å². The lowest BCUT2D eigenvalue weighted by Crippen LogP contribution is -2.52. The van der Waals surface area contributed by atoms with Crippen molar-refractivity contribution in [3.63, 3.8) is 0 Å². The maximum absolute atomic E-state index is 15.9. The van der Waals surface area contributed by atoms with Crippen LogP contribution >= 0.6 is 19.1 Å². The lowest BCUT2D eigenvalue weighted by atomic mass is 9.54. The number of nitrogens with one attached hydrogen (secondary N) is 1. The SMILES string of the molecule is CCOC(=O)C(CSCc1ccc(OC)cc1)CP(=O)(OC12CC3CC(CC(C3)C1)C2)C(Cc1ccccc1)NC(=O)OCc1ccccc1. The zero-order chi connectivity index (χ0) is 35.0. The smallest absolute Gasteiger partial charge is 0.408 e. The minimum Gasteiger partial charge on any atom is -0.497 e. The topological polar surface area (TPSA) is 100 Å². The Kier molecular flexibility index (Phi) is 12.3. The van der Waals surface area contributed by atoms with E-state index in [1.807, 2.05) is 84.9 Å². The molecule has 268 valence electrons. The Morgan fingerprint density at radius 1 is 0.840 bits per heavy atom. The van der Waals surface area contributed by atoms with Crippen LogP contribution in [0.1, 0.15) is 62.1 Å². The highest BCUT2D eigenvalue weighted by Crippen LogP contribution is 2.65. The minimum absolute atomic E-state index is 0.0281. The van der Waals surface area contributed by atoms with E-state index in [1.165, 1.54) is 19.3 Å². The summed E-state index contributed by atoms with van der Waals surface area (Å²) in [6.07, 6.45) is 5.82. The van der Waals surface area contributed by atoms with Gasteiger partial charge in [-0.2, -0.15) is 11.8 Å². The maximum atomic E-state index is 15.9. The first kappa shape index (κ1) is 36.5. The molecule has 8 nitrogen and oxygen atoms in total. The van der Waals surface area contributed by atoms with E-state index >= 15 is 4.57 Å². The van der Waals surface area contributed by atoms with E-state index in [-0.39, 0.29) is 25.8 Å². The van der Waals surface area contributed by atoms with Crippen molar-refractivity contribution < 1.29 is 32.9 Å². The zero-order valence-electron chi connectivity index (χ0n) is 29.2. The molecule has 0 aliphatic heterocycles. The molecule has 3 aromatic rings. The second-order valence-corrected chi connectivity index (χ2v) is 18.0. The van der Waals surface area contributed by atoms with Crippen LogP contribution in [-0.2, 0) is 42.1 Å². The van der Waals surface area contributed by atoms with Gasteiger partial charge in [0.1, 0.15) is 18.1 Å². The number of benzene rings is 3. The second-order valence-electron chi connectivity index (χ2n) is 14.3. The standard InChI is InChI=1S/C40H50NO7PS/c1-3-46-38(42)35(28-50-27-31-14-16-36(45-2)17-15-31)26-49(44,48-40-22-32-18-33(23-40)20-34(19-32)24-40)37(21-29-10-6-4-7-11-29)41-39(43)47-25-30-12-8-5-9-13-30/h4-17,32-35,37H,3,18-28H2,1-2H3,(H,41,43). The summed E-state index contributed by atoms with van der Waals surface area (Å²) in [6, 6.07) is 27.1. The van der Waals surface area contributed by atoms with Crippen LogP contribution in [-0.4, -0.2) is 49.1 Å². The van der Waals surface area contributed by atoms with Gasteiger partial charge in [0.05, 0.1) is 25.2 Å². The highest BCUT2D eigenvalue weighted by Gasteiger charge is 2.56.